The molecular weight excluding hydrogens is 476 g/mol. The third-order valence-electron chi connectivity index (χ3n) is 9.09. The lowest BCUT2D eigenvalue weighted by Gasteiger charge is -2.57. The largest absolute Gasteiger partial charge is 1.00 e. The topological polar surface area (TPSA) is 33.1 Å². The van der Waals surface area contributed by atoms with Crippen LogP contribution in [0.25, 0.3) is 32.4 Å². The van der Waals surface area contributed by atoms with Gasteiger partial charge in [-0.15, -0.1) is 6.58 Å². The van der Waals surface area contributed by atoms with Crippen molar-refractivity contribution in [1.29, 1.82) is 0 Å². The van der Waals surface area contributed by atoms with Gasteiger partial charge >= 0.3 is 0 Å². The molecule has 3 nitrogen and oxygen atoms in total. The molecule has 0 aliphatic carbocycles. The zero-order chi connectivity index (χ0) is 24.3. The van der Waals surface area contributed by atoms with Crippen molar-refractivity contribution in [1.82, 2.24) is 9.47 Å². The molecule has 0 spiro atoms. The first-order chi connectivity index (χ1) is 17.7. The SMILES string of the molecule is C=C[C@@H]1C[N+]2(c3cccc4cc5ccccc5cc34)CC[C@@H]1C[C@@H]2[C@@H](O)c1ccnc2ccccc12.[Cl-]. The highest BCUT2D eigenvalue weighted by molar-refractivity contribution is 6.03. The first-order valence-electron chi connectivity index (χ1n) is 13.1. The van der Waals surface area contributed by atoms with Crippen molar-refractivity contribution in [2.75, 3.05) is 13.1 Å². The minimum Gasteiger partial charge on any atom is -1.00 e. The van der Waals surface area contributed by atoms with Crippen LogP contribution >= 0.6 is 0 Å². The van der Waals surface area contributed by atoms with Crippen LogP contribution in [0.15, 0.2) is 104 Å². The summed E-state index contributed by atoms with van der Waals surface area (Å²) < 4.78 is 0.806. The first-order valence-corrected chi connectivity index (χ1v) is 13.1. The Bertz CT molecular complexity index is 1630. The molecule has 4 aromatic carbocycles. The van der Waals surface area contributed by atoms with Crippen LogP contribution < -0.4 is 16.9 Å². The van der Waals surface area contributed by atoms with Gasteiger partial charge in [-0.3, -0.25) is 9.47 Å². The molecule has 1 N–H and O–H groups in total. The maximum atomic E-state index is 12.1. The average molecular weight is 507 g/mol. The van der Waals surface area contributed by atoms with Crippen molar-refractivity contribution in [2.45, 2.75) is 25.0 Å². The van der Waals surface area contributed by atoms with Crippen LogP contribution in [0.3, 0.4) is 0 Å². The normalized spacial score (nSPS) is 25.7. The fraction of sp³-hybridized carbons (Fsp3) is 0.242. The summed E-state index contributed by atoms with van der Waals surface area (Å²) in [6.07, 6.45) is 5.61. The summed E-state index contributed by atoms with van der Waals surface area (Å²) >= 11 is 0. The monoisotopic (exact) mass is 506 g/mol. The van der Waals surface area contributed by atoms with Gasteiger partial charge in [-0.1, -0.05) is 60.7 Å². The van der Waals surface area contributed by atoms with E-state index in [1.54, 1.807) is 0 Å². The maximum Gasteiger partial charge on any atom is 0.141 e. The minimum absolute atomic E-state index is 0. The van der Waals surface area contributed by atoms with Crippen LogP contribution in [-0.4, -0.2) is 29.2 Å². The number of aliphatic hydroxyl groups is 1. The molecule has 0 radical (unpaired) electrons. The Morgan fingerprint density at radius 2 is 1.65 bits per heavy atom. The highest BCUT2D eigenvalue weighted by atomic mass is 35.5. The summed E-state index contributed by atoms with van der Waals surface area (Å²) in [6.45, 7) is 6.26. The Hall–Kier alpha value is -3.24. The van der Waals surface area contributed by atoms with Crippen LogP contribution in [0.4, 0.5) is 5.69 Å². The second-order valence-corrected chi connectivity index (χ2v) is 10.8. The average Bonchev–Trinajstić information content (AvgIpc) is 2.95. The van der Waals surface area contributed by atoms with Gasteiger partial charge in [0, 0.05) is 35.7 Å². The van der Waals surface area contributed by atoms with Crippen LogP contribution in [0.1, 0.15) is 24.5 Å². The van der Waals surface area contributed by atoms with Crippen molar-refractivity contribution < 1.29 is 17.5 Å². The Balaban J connectivity index is 0.00000252. The van der Waals surface area contributed by atoms with Crippen molar-refractivity contribution in [3.8, 4) is 0 Å². The number of hydrogen-bond donors (Lipinski definition) is 1. The van der Waals surface area contributed by atoms with E-state index >= 15 is 0 Å². The zero-order valence-corrected chi connectivity index (χ0v) is 21.6. The molecule has 3 aliphatic rings. The molecule has 186 valence electrons. The molecule has 1 unspecified atom stereocenters. The molecule has 0 amide bonds. The summed E-state index contributed by atoms with van der Waals surface area (Å²) in [7, 11) is 0. The van der Waals surface area contributed by atoms with Gasteiger partial charge in [0.1, 0.15) is 17.8 Å². The van der Waals surface area contributed by atoms with Crippen LogP contribution in [0.5, 0.6) is 0 Å². The van der Waals surface area contributed by atoms with E-state index in [-0.39, 0.29) is 18.4 Å². The van der Waals surface area contributed by atoms with Crippen molar-refractivity contribution >= 4 is 38.1 Å². The fourth-order valence-electron chi connectivity index (χ4n) is 7.32. The summed E-state index contributed by atoms with van der Waals surface area (Å²) in [5.41, 5.74) is 3.28. The van der Waals surface area contributed by atoms with E-state index in [1.807, 2.05) is 30.5 Å². The molecule has 3 aliphatic heterocycles. The Morgan fingerprint density at radius 3 is 2.49 bits per heavy atom. The molecule has 3 saturated heterocycles. The van der Waals surface area contributed by atoms with E-state index < -0.39 is 6.10 Å². The van der Waals surface area contributed by atoms with Crippen molar-refractivity contribution in [3.63, 3.8) is 0 Å². The van der Waals surface area contributed by atoms with E-state index in [0.717, 1.165) is 40.5 Å². The highest BCUT2D eigenvalue weighted by Crippen LogP contribution is 2.51. The fourth-order valence-corrected chi connectivity index (χ4v) is 7.32. The maximum absolute atomic E-state index is 12.1. The van der Waals surface area contributed by atoms with Crippen molar-refractivity contribution in [2.24, 2.45) is 11.8 Å². The number of hydrogen-bond acceptors (Lipinski definition) is 2. The van der Waals surface area contributed by atoms with Gasteiger partial charge < -0.3 is 17.5 Å². The van der Waals surface area contributed by atoms with E-state index in [9.17, 15) is 5.11 Å². The third kappa shape index (κ3) is 3.68. The molecule has 0 saturated carbocycles. The Morgan fingerprint density at radius 1 is 0.892 bits per heavy atom. The lowest BCUT2D eigenvalue weighted by Crippen LogP contribution is -3.00. The summed E-state index contributed by atoms with van der Waals surface area (Å²) in [6, 6.07) is 30.3. The number of nitrogens with zero attached hydrogens (tertiary/aromatic N) is 2. The smallest absolute Gasteiger partial charge is 0.141 e. The van der Waals surface area contributed by atoms with Gasteiger partial charge in [0.2, 0.25) is 0 Å². The van der Waals surface area contributed by atoms with E-state index in [2.05, 4.69) is 78.3 Å². The zero-order valence-electron chi connectivity index (χ0n) is 20.8. The Kier molecular flexibility index (Phi) is 6.03. The third-order valence-corrected chi connectivity index (χ3v) is 9.09. The first kappa shape index (κ1) is 24.1. The predicted octanol–water partition coefficient (Wildman–Crippen LogP) is 4.18. The quantitative estimate of drug-likeness (QED) is 0.225. The second-order valence-electron chi connectivity index (χ2n) is 10.8. The number of pyridine rings is 1. The number of quaternary nitrogens is 1. The minimum atomic E-state index is -0.567. The molecule has 5 aromatic rings. The van der Waals surface area contributed by atoms with Crippen LogP contribution in [-0.2, 0) is 0 Å². The lowest BCUT2D eigenvalue weighted by atomic mass is 9.70. The summed E-state index contributed by atoms with van der Waals surface area (Å²) in [5, 5.41) is 18.3. The van der Waals surface area contributed by atoms with Gasteiger partial charge in [0.05, 0.1) is 18.6 Å². The molecular formula is C33H31ClN2O. The number of para-hydroxylation sites is 1. The van der Waals surface area contributed by atoms with Gasteiger partial charge in [-0.05, 0) is 58.0 Å². The number of halogens is 1. The lowest BCUT2D eigenvalue weighted by molar-refractivity contribution is -0.0387. The van der Waals surface area contributed by atoms with Crippen LogP contribution in [0, 0.1) is 11.8 Å². The Labute approximate surface area is 224 Å². The molecule has 8 rings (SSSR count). The molecule has 37 heavy (non-hydrogen) atoms. The number of aromatic nitrogens is 1. The predicted molar refractivity (Wildman–Crippen MR) is 150 cm³/mol. The molecule has 1 aromatic heterocycles. The van der Waals surface area contributed by atoms with Gasteiger partial charge in [-0.2, -0.15) is 0 Å². The molecule has 5 atom stereocenters. The molecule has 4 heterocycles. The van der Waals surface area contributed by atoms with Crippen LogP contribution in [0.2, 0.25) is 0 Å². The number of rotatable bonds is 4. The number of aliphatic hydroxyl groups excluding tert-OH is 1. The van der Waals surface area contributed by atoms with Gasteiger partial charge in [-0.25, -0.2) is 0 Å². The molecule has 3 fully saturated rings. The summed E-state index contributed by atoms with van der Waals surface area (Å²) in [4.78, 5) is 4.56. The standard InChI is InChI=1S/C33H31N2O.ClH/c1-2-22-21-35(31-13-7-10-26-18-23-8-3-4-9-24(23)19-29(26)31)17-15-25(22)20-32(35)33(36)28-14-16-34-30-12-6-5-11-27(28)30;/h2-14,16,18-19,22,25,32-33,36H,1,15,17,20-21H2;1H/q+1;/p-1/t22-,25-,32-,33+,35?;/m1./s1. The number of benzene rings is 4. The van der Waals surface area contributed by atoms with E-state index in [4.69, 9.17) is 0 Å². The molecule has 4 heteroatoms. The van der Waals surface area contributed by atoms with Gasteiger partial charge in [0.15, 0.2) is 0 Å². The molecule has 2 bridgehead atoms. The highest BCUT2D eigenvalue weighted by Gasteiger charge is 2.55. The second kappa shape index (κ2) is 9.25. The van der Waals surface area contributed by atoms with E-state index in [0.29, 0.717) is 11.8 Å². The van der Waals surface area contributed by atoms with Gasteiger partial charge in [0.25, 0.3) is 0 Å². The number of fused-ring (bicyclic) bond motifs is 6. The summed E-state index contributed by atoms with van der Waals surface area (Å²) in [5.74, 6) is 1.04. The van der Waals surface area contributed by atoms with E-state index in [1.165, 1.54) is 33.7 Å². The number of piperidine rings is 3. The van der Waals surface area contributed by atoms with Crippen molar-refractivity contribution in [3.05, 3.63) is 109 Å².